The number of pyridine rings is 1. The van der Waals surface area contributed by atoms with Crippen molar-refractivity contribution in [3.05, 3.63) is 52.6 Å². The molecule has 1 unspecified atom stereocenters. The molecule has 0 aliphatic rings. The molecule has 1 aromatic carbocycles. The van der Waals surface area contributed by atoms with Gasteiger partial charge in [-0.3, -0.25) is 0 Å². The fourth-order valence-electron chi connectivity index (χ4n) is 1.61. The normalized spacial score (nSPS) is 12.4. The van der Waals surface area contributed by atoms with Crippen LogP contribution in [0.3, 0.4) is 0 Å². The smallest absolute Gasteiger partial charge is 0.101 e. The average Bonchev–Trinajstić information content (AvgIpc) is 2.34. The van der Waals surface area contributed by atoms with Crippen LogP contribution in [0, 0.1) is 0 Å². The van der Waals surface area contributed by atoms with Gasteiger partial charge in [-0.2, -0.15) is 0 Å². The Morgan fingerprint density at radius 3 is 2.50 bits per heavy atom. The molecule has 0 bridgehead atoms. The highest BCUT2D eigenvalue weighted by atomic mass is 79.9. The third-order valence-electron chi connectivity index (χ3n) is 2.40. The van der Waals surface area contributed by atoms with Crippen molar-refractivity contribution in [3.8, 4) is 0 Å². The first-order valence-corrected chi connectivity index (χ1v) is 7.38. The van der Waals surface area contributed by atoms with Gasteiger partial charge in [0.1, 0.15) is 5.03 Å². The van der Waals surface area contributed by atoms with E-state index in [1.165, 1.54) is 10.5 Å². The van der Waals surface area contributed by atoms with Crippen molar-refractivity contribution in [3.63, 3.8) is 0 Å². The highest BCUT2D eigenvalue weighted by molar-refractivity contribution is 9.10. The lowest BCUT2D eigenvalue weighted by atomic mass is 10.1. The van der Waals surface area contributed by atoms with E-state index < -0.39 is 0 Å². The fraction of sp³-hybridized carbons (Fsp3) is 0.214. The Hall–Kier alpha value is -0.840. The van der Waals surface area contributed by atoms with Crippen LogP contribution in [0.4, 0.5) is 0 Å². The van der Waals surface area contributed by atoms with Gasteiger partial charge in [-0.05, 0) is 59.1 Å². The summed E-state index contributed by atoms with van der Waals surface area (Å²) in [5, 5.41) is 0.998. The fourth-order valence-corrected chi connectivity index (χ4v) is 2.60. The first-order valence-electron chi connectivity index (χ1n) is 5.77. The second-order valence-corrected chi connectivity index (χ2v) is 6.25. The summed E-state index contributed by atoms with van der Waals surface area (Å²) in [7, 11) is 0. The van der Waals surface area contributed by atoms with E-state index in [1.54, 1.807) is 11.8 Å². The Bertz CT molecular complexity index is 494. The molecule has 2 aromatic rings. The van der Waals surface area contributed by atoms with Crippen LogP contribution in [0.5, 0.6) is 0 Å². The van der Waals surface area contributed by atoms with Crippen LogP contribution in [0.25, 0.3) is 0 Å². The van der Waals surface area contributed by atoms with E-state index in [9.17, 15) is 0 Å². The van der Waals surface area contributed by atoms with Crippen LogP contribution in [0.15, 0.2) is 57.0 Å². The van der Waals surface area contributed by atoms with Gasteiger partial charge in [-0.15, -0.1) is 0 Å². The second-order valence-electron chi connectivity index (χ2n) is 4.24. The number of nitrogens with two attached hydrogens (primary N) is 1. The molecule has 2 rings (SSSR count). The molecule has 1 atom stereocenters. The lowest BCUT2D eigenvalue weighted by molar-refractivity contribution is 0.737. The van der Waals surface area contributed by atoms with Crippen LogP contribution < -0.4 is 5.73 Å². The number of aromatic nitrogens is 1. The highest BCUT2D eigenvalue weighted by Gasteiger charge is 2.01. The molecule has 4 heteroatoms. The molecule has 18 heavy (non-hydrogen) atoms. The molecule has 0 fully saturated rings. The van der Waals surface area contributed by atoms with Crippen LogP contribution in [-0.4, -0.2) is 11.0 Å². The maximum atomic E-state index is 5.78. The van der Waals surface area contributed by atoms with Gasteiger partial charge in [0.25, 0.3) is 0 Å². The number of halogens is 1. The number of nitrogens with zero attached hydrogens (tertiary/aromatic N) is 1. The first kappa shape index (κ1) is 13.6. The molecule has 0 saturated heterocycles. The molecule has 94 valence electrons. The SMILES string of the molecule is CC(N)Cc1ccc(Sc2ccc(Br)cn2)cc1. The molecule has 0 aliphatic heterocycles. The molecule has 2 nitrogen and oxygen atoms in total. The van der Waals surface area contributed by atoms with Crippen LogP contribution in [0.1, 0.15) is 12.5 Å². The third kappa shape index (κ3) is 4.12. The molecule has 0 aliphatic carbocycles. The molecular formula is C14H15BrN2S. The van der Waals surface area contributed by atoms with Gasteiger partial charge in [0.05, 0.1) is 0 Å². The molecule has 0 spiro atoms. The van der Waals surface area contributed by atoms with E-state index in [2.05, 4.69) is 45.2 Å². The summed E-state index contributed by atoms with van der Waals surface area (Å²) in [4.78, 5) is 5.53. The van der Waals surface area contributed by atoms with E-state index in [1.807, 2.05) is 25.3 Å². The number of rotatable bonds is 4. The van der Waals surface area contributed by atoms with E-state index in [0.717, 1.165) is 15.9 Å². The zero-order valence-corrected chi connectivity index (χ0v) is 12.5. The Kier molecular flexibility index (Phi) is 4.80. The molecule has 0 amide bonds. The predicted molar refractivity (Wildman–Crippen MR) is 79.9 cm³/mol. The van der Waals surface area contributed by atoms with Crippen molar-refractivity contribution in [2.24, 2.45) is 5.73 Å². The van der Waals surface area contributed by atoms with Crippen LogP contribution in [0.2, 0.25) is 0 Å². The average molecular weight is 323 g/mol. The minimum absolute atomic E-state index is 0.205. The monoisotopic (exact) mass is 322 g/mol. The minimum atomic E-state index is 0.205. The van der Waals surface area contributed by atoms with E-state index in [4.69, 9.17) is 5.73 Å². The van der Waals surface area contributed by atoms with Crippen molar-refractivity contribution in [2.75, 3.05) is 0 Å². The zero-order valence-electron chi connectivity index (χ0n) is 10.1. The Balaban J connectivity index is 2.04. The molecule has 0 saturated carbocycles. The third-order valence-corrected chi connectivity index (χ3v) is 3.83. The standard InChI is InChI=1S/C14H15BrN2S/c1-10(16)8-11-2-5-13(6-3-11)18-14-7-4-12(15)9-17-14/h2-7,9-10H,8,16H2,1H3. The van der Waals surface area contributed by atoms with Gasteiger partial charge in [0.2, 0.25) is 0 Å². The summed E-state index contributed by atoms with van der Waals surface area (Å²) in [6.07, 6.45) is 2.73. The summed E-state index contributed by atoms with van der Waals surface area (Å²) in [5.41, 5.74) is 7.06. The molecular weight excluding hydrogens is 308 g/mol. The van der Waals surface area contributed by atoms with Crippen molar-refractivity contribution >= 4 is 27.7 Å². The highest BCUT2D eigenvalue weighted by Crippen LogP contribution is 2.26. The molecule has 0 radical (unpaired) electrons. The lowest BCUT2D eigenvalue weighted by Crippen LogP contribution is -2.17. The number of hydrogen-bond acceptors (Lipinski definition) is 3. The maximum absolute atomic E-state index is 5.78. The Morgan fingerprint density at radius 1 is 1.22 bits per heavy atom. The quantitative estimate of drug-likeness (QED) is 0.928. The molecule has 1 aromatic heterocycles. The number of hydrogen-bond donors (Lipinski definition) is 1. The van der Waals surface area contributed by atoms with Crippen molar-refractivity contribution in [1.29, 1.82) is 0 Å². The summed E-state index contributed by atoms with van der Waals surface area (Å²) in [6, 6.07) is 12.7. The Morgan fingerprint density at radius 2 is 1.94 bits per heavy atom. The number of benzene rings is 1. The zero-order chi connectivity index (χ0) is 13.0. The predicted octanol–water partition coefficient (Wildman–Crippen LogP) is 3.89. The first-order chi connectivity index (χ1) is 8.63. The lowest BCUT2D eigenvalue weighted by Gasteiger charge is -2.06. The van der Waals surface area contributed by atoms with Crippen LogP contribution >= 0.6 is 27.7 Å². The summed E-state index contributed by atoms with van der Waals surface area (Å²) in [6.45, 7) is 2.02. The molecule has 2 N–H and O–H groups in total. The maximum Gasteiger partial charge on any atom is 0.101 e. The van der Waals surface area contributed by atoms with Gasteiger partial charge >= 0.3 is 0 Å². The van der Waals surface area contributed by atoms with E-state index in [0.29, 0.717) is 0 Å². The van der Waals surface area contributed by atoms with Gasteiger partial charge < -0.3 is 5.73 Å². The minimum Gasteiger partial charge on any atom is -0.328 e. The Labute approximate surface area is 120 Å². The summed E-state index contributed by atoms with van der Waals surface area (Å²) in [5.74, 6) is 0. The second kappa shape index (κ2) is 6.36. The molecule has 1 heterocycles. The van der Waals surface area contributed by atoms with Gasteiger partial charge in [0, 0.05) is 21.6 Å². The van der Waals surface area contributed by atoms with Crippen molar-refractivity contribution in [1.82, 2.24) is 4.98 Å². The van der Waals surface area contributed by atoms with Gasteiger partial charge in [0.15, 0.2) is 0 Å². The topological polar surface area (TPSA) is 38.9 Å². The largest absolute Gasteiger partial charge is 0.328 e. The van der Waals surface area contributed by atoms with E-state index in [-0.39, 0.29) is 6.04 Å². The summed E-state index contributed by atoms with van der Waals surface area (Å²) >= 11 is 5.04. The van der Waals surface area contributed by atoms with Crippen molar-refractivity contribution in [2.45, 2.75) is 29.3 Å². The summed E-state index contributed by atoms with van der Waals surface area (Å²) < 4.78 is 0.999. The van der Waals surface area contributed by atoms with Gasteiger partial charge in [-0.1, -0.05) is 23.9 Å². The van der Waals surface area contributed by atoms with E-state index >= 15 is 0 Å². The van der Waals surface area contributed by atoms with Crippen LogP contribution in [-0.2, 0) is 6.42 Å². The van der Waals surface area contributed by atoms with Crippen molar-refractivity contribution < 1.29 is 0 Å². The van der Waals surface area contributed by atoms with Gasteiger partial charge in [-0.25, -0.2) is 4.98 Å².